The van der Waals surface area contributed by atoms with Gasteiger partial charge in [0.2, 0.25) is 0 Å². The van der Waals surface area contributed by atoms with Crippen LogP contribution in [-0.2, 0) is 4.74 Å². The Labute approximate surface area is 128 Å². The Kier molecular flexibility index (Phi) is 5.67. The molecule has 1 aliphatic heterocycles. The SMILES string of the molecule is CC(C)C(C)(O)CC1CN(C(=O)OC(C)(C)C)CCC1O. The number of hydrogen-bond acceptors (Lipinski definition) is 4. The number of ether oxygens (including phenoxy) is 1. The lowest BCUT2D eigenvalue weighted by Crippen LogP contribution is -2.50. The summed E-state index contributed by atoms with van der Waals surface area (Å²) in [6.45, 7) is 12.1. The first kappa shape index (κ1) is 18.2. The maximum Gasteiger partial charge on any atom is 0.410 e. The third kappa shape index (κ3) is 5.47. The fourth-order valence-corrected chi connectivity index (χ4v) is 2.48. The zero-order chi connectivity index (χ0) is 16.4. The molecular weight excluding hydrogens is 270 g/mol. The van der Waals surface area contributed by atoms with Crippen molar-refractivity contribution in [1.29, 1.82) is 0 Å². The van der Waals surface area contributed by atoms with E-state index in [1.165, 1.54) is 0 Å². The summed E-state index contributed by atoms with van der Waals surface area (Å²) in [7, 11) is 0. The maximum absolute atomic E-state index is 12.1. The highest BCUT2D eigenvalue weighted by Crippen LogP contribution is 2.30. The highest BCUT2D eigenvalue weighted by molar-refractivity contribution is 5.68. The first-order chi connectivity index (χ1) is 9.42. The summed E-state index contributed by atoms with van der Waals surface area (Å²) < 4.78 is 5.38. The van der Waals surface area contributed by atoms with Gasteiger partial charge in [-0.2, -0.15) is 0 Å². The van der Waals surface area contributed by atoms with Gasteiger partial charge in [-0.3, -0.25) is 0 Å². The van der Waals surface area contributed by atoms with Crippen LogP contribution in [0, 0.1) is 11.8 Å². The molecule has 124 valence electrons. The Hall–Kier alpha value is -0.810. The third-order valence-electron chi connectivity index (χ3n) is 4.26. The average molecular weight is 301 g/mol. The van der Waals surface area contributed by atoms with Gasteiger partial charge in [-0.1, -0.05) is 13.8 Å². The van der Waals surface area contributed by atoms with Crippen LogP contribution in [0.2, 0.25) is 0 Å². The van der Waals surface area contributed by atoms with Gasteiger partial charge < -0.3 is 19.8 Å². The van der Waals surface area contributed by atoms with Gasteiger partial charge in [-0.15, -0.1) is 0 Å². The van der Waals surface area contributed by atoms with E-state index in [0.29, 0.717) is 25.9 Å². The fraction of sp³-hybridized carbons (Fsp3) is 0.938. The smallest absolute Gasteiger partial charge is 0.410 e. The van der Waals surface area contributed by atoms with Crippen LogP contribution >= 0.6 is 0 Å². The standard InChI is InChI=1S/C16H31NO4/c1-11(2)16(6,20)9-12-10-17(8-7-13(12)18)14(19)21-15(3,4)5/h11-13,18,20H,7-10H2,1-6H3. The molecule has 0 saturated carbocycles. The van der Waals surface area contributed by atoms with E-state index in [1.807, 2.05) is 34.6 Å². The first-order valence-corrected chi connectivity index (χ1v) is 7.81. The highest BCUT2D eigenvalue weighted by atomic mass is 16.6. The molecule has 1 aliphatic rings. The number of aliphatic hydroxyl groups excluding tert-OH is 1. The number of carbonyl (C=O) groups excluding carboxylic acids is 1. The highest BCUT2D eigenvalue weighted by Gasteiger charge is 2.37. The normalized spacial score (nSPS) is 26.6. The number of carbonyl (C=O) groups is 1. The second kappa shape index (κ2) is 6.53. The van der Waals surface area contributed by atoms with Gasteiger partial charge >= 0.3 is 6.09 Å². The largest absolute Gasteiger partial charge is 0.444 e. The van der Waals surface area contributed by atoms with E-state index >= 15 is 0 Å². The lowest BCUT2D eigenvalue weighted by Gasteiger charge is -2.40. The van der Waals surface area contributed by atoms with Crippen LogP contribution in [0.1, 0.15) is 54.4 Å². The van der Waals surface area contributed by atoms with E-state index in [0.717, 1.165) is 0 Å². The summed E-state index contributed by atoms with van der Waals surface area (Å²) in [5, 5.41) is 20.6. The van der Waals surface area contributed by atoms with Crippen LogP contribution in [-0.4, -0.2) is 51.6 Å². The molecular formula is C16H31NO4. The number of piperidine rings is 1. The fourth-order valence-electron chi connectivity index (χ4n) is 2.48. The molecule has 2 N–H and O–H groups in total. The van der Waals surface area contributed by atoms with Gasteiger partial charge in [0.05, 0.1) is 11.7 Å². The summed E-state index contributed by atoms with van der Waals surface area (Å²) in [4.78, 5) is 13.8. The monoisotopic (exact) mass is 301 g/mol. The van der Waals surface area contributed by atoms with Crippen LogP contribution in [0.5, 0.6) is 0 Å². The van der Waals surface area contributed by atoms with Gasteiger partial charge in [0.25, 0.3) is 0 Å². The number of nitrogens with zero attached hydrogens (tertiary/aromatic N) is 1. The molecule has 1 fully saturated rings. The number of likely N-dealkylation sites (tertiary alicyclic amines) is 1. The molecule has 3 atom stereocenters. The molecule has 0 aromatic carbocycles. The van der Waals surface area contributed by atoms with Crippen molar-refractivity contribution in [3.8, 4) is 0 Å². The van der Waals surface area contributed by atoms with Crippen molar-refractivity contribution in [1.82, 2.24) is 4.90 Å². The molecule has 1 heterocycles. The van der Waals surface area contributed by atoms with E-state index < -0.39 is 17.3 Å². The second-order valence-corrected chi connectivity index (χ2v) is 7.76. The minimum Gasteiger partial charge on any atom is -0.444 e. The van der Waals surface area contributed by atoms with E-state index in [2.05, 4.69) is 0 Å². The molecule has 1 rings (SSSR count). The summed E-state index contributed by atoms with van der Waals surface area (Å²) in [5.41, 5.74) is -1.37. The molecule has 21 heavy (non-hydrogen) atoms. The van der Waals surface area contributed by atoms with Gasteiger partial charge in [-0.25, -0.2) is 4.79 Å². The maximum atomic E-state index is 12.1. The van der Waals surface area contributed by atoms with Crippen molar-refractivity contribution < 1.29 is 19.7 Å². The molecule has 0 aromatic rings. The van der Waals surface area contributed by atoms with E-state index in [9.17, 15) is 15.0 Å². The van der Waals surface area contributed by atoms with Crippen LogP contribution in [0.15, 0.2) is 0 Å². The molecule has 1 saturated heterocycles. The van der Waals surface area contributed by atoms with Gasteiger partial charge in [0.1, 0.15) is 5.60 Å². The van der Waals surface area contributed by atoms with Gasteiger partial charge in [0.15, 0.2) is 0 Å². The summed E-state index contributed by atoms with van der Waals surface area (Å²) in [6, 6.07) is 0. The quantitative estimate of drug-likeness (QED) is 0.840. The summed E-state index contributed by atoms with van der Waals surface area (Å²) in [5.74, 6) is -0.0229. The van der Waals surface area contributed by atoms with Crippen molar-refractivity contribution in [3.63, 3.8) is 0 Å². The molecule has 0 aliphatic carbocycles. The molecule has 3 unspecified atom stereocenters. The molecule has 0 bridgehead atoms. The predicted octanol–water partition coefficient (Wildman–Crippen LogP) is 2.40. The first-order valence-electron chi connectivity index (χ1n) is 7.81. The van der Waals surface area contributed by atoms with Crippen molar-refractivity contribution in [3.05, 3.63) is 0 Å². The minimum atomic E-state index is -0.845. The minimum absolute atomic E-state index is 0.0987. The van der Waals surface area contributed by atoms with E-state index in [4.69, 9.17) is 4.74 Å². The number of amides is 1. The summed E-state index contributed by atoms with van der Waals surface area (Å²) >= 11 is 0. The molecule has 0 aromatic heterocycles. The third-order valence-corrected chi connectivity index (χ3v) is 4.26. The lowest BCUT2D eigenvalue weighted by atomic mass is 9.79. The van der Waals surface area contributed by atoms with Crippen molar-refractivity contribution in [2.45, 2.75) is 71.7 Å². The van der Waals surface area contributed by atoms with Crippen LogP contribution in [0.25, 0.3) is 0 Å². The molecule has 1 amide bonds. The molecule has 0 spiro atoms. The van der Waals surface area contributed by atoms with Gasteiger partial charge in [0, 0.05) is 19.0 Å². The Morgan fingerprint density at radius 1 is 1.33 bits per heavy atom. The zero-order valence-electron chi connectivity index (χ0n) is 14.2. The number of aliphatic hydroxyl groups is 2. The van der Waals surface area contributed by atoms with Crippen molar-refractivity contribution in [2.24, 2.45) is 11.8 Å². The zero-order valence-corrected chi connectivity index (χ0v) is 14.2. The molecule has 5 nitrogen and oxygen atoms in total. The average Bonchev–Trinajstić information content (AvgIpc) is 2.29. The van der Waals surface area contributed by atoms with Crippen LogP contribution in [0.3, 0.4) is 0 Å². The Bertz CT molecular complexity index is 360. The van der Waals surface area contributed by atoms with Crippen molar-refractivity contribution >= 4 is 6.09 Å². The van der Waals surface area contributed by atoms with Crippen molar-refractivity contribution in [2.75, 3.05) is 13.1 Å². The number of hydrogen-bond donors (Lipinski definition) is 2. The topological polar surface area (TPSA) is 70.0 Å². The lowest BCUT2D eigenvalue weighted by molar-refractivity contribution is -0.0573. The Morgan fingerprint density at radius 2 is 1.90 bits per heavy atom. The Morgan fingerprint density at radius 3 is 2.38 bits per heavy atom. The molecule has 0 radical (unpaired) electrons. The predicted molar refractivity (Wildman–Crippen MR) is 82.0 cm³/mol. The van der Waals surface area contributed by atoms with Crippen LogP contribution < -0.4 is 0 Å². The van der Waals surface area contributed by atoms with Gasteiger partial charge in [-0.05, 0) is 46.5 Å². The van der Waals surface area contributed by atoms with E-state index in [1.54, 1.807) is 11.8 Å². The van der Waals surface area contributed by atoms with E-state index in [-0.39, 0.29) is 17.9 Å². The van der Waals surface area contributed by atoms with Crippen LogP contribution in [0.4, 0.5) is 4.79 Å². The molecule has 5 heteroatoms. The summed E-state index contributed by atoms with van der Waals surface area (Å²) in [6.07, 6.45) is 0.181. The Balaban J connectivity index is 2.68. The number of rotatable bonds is 3. The second-order valence-electron chi connectivity index (χ2n) is 7.76.